The summed E-state index contributed by atoms with van der Waals surface area (Å²) >= 11 is 0. The van der Waals surface area contributed by atoms with Gasteiger partial charge in [-0.1, -0.05) is 24.3 Å². The summed E-state index contributed by atoms with van der Waals surface area (Å²) in [5.41, 5.74) is 3.54. The van der Waals surface area contributed by atoms with Crippen LogP contribution < -0.4 is 0 Å². The summed E-state index contributed by atoms with van der Waals surface area (Å²) in [5, 5.41) is 8.68. The van der Waals surface area contributed by atoms with Gasteiger partial charge in [0.05, 0.1) is 0 Å². The molecule has 0 radical (unpaired) electrons. The SMILES string of the molecule is C/C(=C\C(=O)O)c1ccc(-c2cncnc2)cc1. The number of rotatable bonds is 3. The number of allylic oxidation sites excluding steroid dienone is 1. The van der Waals surface area contributed by atoms with Crippen LogP contribution in [0, 0.1) is 0 Å². The Morgan fingerprint density at radius 1 is 1.11 bits per heavy atom. The highest BCUT2D eigenvalue weighted by molar-refractivity contribution is 5.89. The van der Waals surface area contributed by atoms with E-state index in [1.807, 2.05) is 24.3 Å². The predicted octanol–water partition coefficient (Wildman–Crippen LogP) is 2.63. The summed E-state index contributed by atoms with van der Waals surface area (Å²) in [6.07, 6.45) is 6.15. The van der Waals surface area contributed by atoms with E-state index in [9.17, 15) is 4.79 Å². The molecule has 4 nitrogen and oxygen atoms in total. The van der Waals surface area contributed by atoms with Crippen LogP contribution in [0.15, 0.2) is 49.1 Å². The molecule has 90 valence electrons. The predicted molar refractivity (Wildman–Crippen MR) is 68.8 cm³/mol. The highest BCUT2D eigenvalue weighted by Crippen LogP contribution is 2.20. The van der Waals surface area contributed by atoms with Crippen LogP contribution in [0.2, 0.25) is 0 Å². The zero-order valence-corrected chi connectivity index (χ0v) is 9.87. The molecule has 0 atom stereocenters. The van der Waals surface area contributed by atoms with E-state index in [2.05, 4.69) is 9.97 Å². The quantitative estimate of drug-likeness (QED) is 0.838. The number of aliphatic carboxylic acids is 1. The second-order valence-electron chi connectivity index (χ2n) is 3.87. The minimum absolute atomic E-state index is 0.721. The van der Waals surface area contributed by atoms with E-state index in [0.717, 1.165) is 22.3 Å². The second kappa shape index (κ2) is 5.23. The fourth-order valence-electron chi connectivity index (χ4n) is 1.64. The Kier molecular flexibility index (Phi) is 3.48. The zero-order chi connectivity index (χ0) is 13.0. The number of nitrogens with zero attached hydrogens (tertiary/aromatic N) is 2. The summed E-state index contributed by atoms with van der Waals surface area (Å²) in [6.45, 7) is 1.77. The molecule has 2 rings (SSSR count). The minimum Gasteiger partial charge on any atom is -0.478 e. The molecule has 1 aromatic heterocycles. The van der Waals surface area contributed by atoms with Crippen molar-refractivity contribution in [3.8, 4) is 11.1 Å². The normalized spacial score (nSPS) is 11.3. The molecule has 0 bridgehead atoms. The van der Waals surface area contributed by atoms with Gasteiger partial charge in [-0.2, -0.15) is 0 Å². The van der Waals surface area contributed by atoms with E-state index < -0.39 is 5.97 Å². The Morgan fingerprint density at radius 3 is 2.28 bits per heavy atom. The summed E-state index contributed by atoms with van der Waals surface area (Å²) in [7, 11) is 0. The van der Waals surface area contributed by atoms with Gasteiger partial charge < -0.3 is 5.11 Å². The fourth-order valence-corrected chi connectivity index (χ4v) is 1.64. The molecule has 4 heteroatoms. The standard InChI is InChI=1S/C14H12N2O2/c1-10(6-14(17)18)11-2-4-12(5-3-11)13-7-15-9-16-8-13/h2-9H,1H3,(H,17,18)/b10-6+. The molecule has 0 saturated heterocycles. The largest absolute Gasteiger partial charge is 0.478 e. The second-order valence-corrected chi connectivity index (χ2v) is 3.87. The Bertz CT molecular complexity index is 575. The van der Waals surface area contributed by atoms with Crippen molar-refractivity contribution in [3.05, 3.63) is 54.6 Å². The molecule has 0 amide bonds. The molecular formula is C14H12N2O2. The van der Waals surface area contributed by atoms with Crippen molar-refractivity contribution in [1.82, 2.24) is 9.97 Å². The molecule has 0 aliphatic heterocycles. The lowest BCUT2D eigenvalue weighted by Gasteiger charge is -2.03. The lowest BCUT2D eigenvalue weighted by atomic mass is 10.0. The van der Waals surface area contributed by atoms with E-state index >= 15 is 0 Å². The monoisotopic (exact) mass is 240 g/mol. The summed E-state index contributed by atoms with van der Waals surface area (Å²) in [6, 6.07) is 7.62. The first-order valence-electron chi connectivity index (χ1n) is 5.44. The van der Waals surface area contributed by atoms with E-state index in [1.54, 1.807) is 19.3 Å². The number of carbonyl (C=O) groups is 1. The van der Waals surface area contributed by atoms with Gasteiger partial charge in [0.1, 0.15) is 6.33 Å². The van der Waals surface area contributed by atoms with E-state index in [-0.39, 0.29) is 0 Å². The van der Waals surface area contributed by atoms with E-state index in [0.29, 0.717) is 0 Å². The molecule has 2 aromatic rings. The van der Waals surface area contributed by atoms with Gasteiger partial charge in [-0.25, -0.2) is 14.8 Å². The Hall–Kier alpha value is -2.49. The first-order valence-corrected chi connectivity index (χ1v) is 5.44. The van der Waals surface area contributed by atoms with Gasteiger partial charge in [-0.15, -0.1) is 0 Å². The van der Waals surface area contributed by atoms with Gasteiger partial charge >= 0.3 is 5.97 Å². The zero-order valence-electron chi connectivity index (χ0n) is 9.87. The van der Waals surface area contributed by atoms with Crippen LogP contribution in [0.25, 0.3) is 16.7 Å². The number of carboxylic acid groups (broad SMARTS) is 1. The van der Waals surface area contributed by atoms with Crippen molar-refractivity contribution >= 4 is 11.5 Å². The highest BCUT2D eigenvalue weighted by atomic mass is 16.4. The Balaban J connectivity index is 2.29. The van der Waals surface area contributed by atoms with Crippen LogP contribution in [-0.4, -0.2) is 21.0 Å². The van der Waals surface area contributed by atoms with Gasteiger partial charge in [0.2, 0.25) is 0 Å². The molecule has 18 heavy (non-hydrogen) atoms. The Labute approximate surface area is 105 Å². The van der Waals surface area contributed by atoms with Crippen molar-refractivity contribution in [2.45, 2.75) is 6.92 Å². The lowest BCUT2D eigenvalue weighted by Crippen LogP contribution is -1.90. The highest BCUT2D eigenvalue weighted by Gasteiger charge is 2.01. The van der Waals surface area contributed by atoms with Crippen molar-refractivity contribution in [3.63, 3.8) is 0 Å². The molecule has 1 N–H and O–H groups in total. The van der Waals surface area contributed by atoms with E-state index in [4.69, 9.17) is 5.11 Å². The fraction of sp³-hybridized carbons (Fsp3) is 0.0714. The molecule has 0 fully saturated rings. The number of aromatic nitrogens is 2. The van der Waals surface area contributed by atoms with Crippen molar-refractivity contribution in [2.24, 2.45) is 0 Å². The molecule has 0 spiro atoms. The molecule has 0 saturated carbocycles. The summed E-state index contributed by atoms with van der Waals surface area (Å²) in [4.78, 5) is 18.5. The molecule has 0 unspecified atom stereocenters. The van der Waals surface area contributed by atoms with Gasteiger partial charge in [0, 0.05) is 24.0 Å². The van der Waals surface area contributed by atoms with Gasteiger partial charge in [0.25, 0.3) is 0 Å². The van der Waals surface area contributed by atoms with E-state index in [1.165, 1.54) is 12.4 Å². The minimum atomic E-state index is -0.937. The molecule has 1 aromatic carbocycles. The summed E-state index contributed by atoms with van der Waals surface area (Å²) < 4.78 is 0. The molecular weight excluding hydrogens is 228 g/mol. The average Bonchev–Trinajstić information content (AvgIpc) is 2.39. The van der Waals surface area contributed by atoms with Gasteiger partial charge in [-0.05, 0) is 23.6 Å². The number of carboxylic acids is 1. The van der Waals surface area contributed by atoms with Crippen LogP contribution in [0.1, 0.15) is 12.5 Å². The van der Waals surface area contributed by atoms with Gasteiger partial charge in [-0.3, -0.25) is 0 Å². The molecule has 1 heterocycles. The van der Waals surface area contributed by atoms with Gasteiger partial charge in [0.15, 0.2) is 0 Å². The maximum absolute atomic E-state index is 10.6. The molecule has 0 aliphatic carbocycles. The van der Waals surface area contributed by atoms with Crippen LogP contribution in [0.3, 0.4) is 0 Å². The van der Waals surface area contributed by atoms with Crippen LogP contribution in [0.4, 0.5) is 0 Å². The average molecular weight is 240 g/mol. The molecule has 0 aliphatic rings. The van der Waals surface area contributed by atoms with Crippen molar-refractivity contribution in [1.29, 1.82) is 0 Å². The third-order valence-electron chi connectivity index (χ3n) is 2.57. The first-order chi connectivity index (χ1) is 8.66. The third kappa shape index (κ3) is 2.79. The number of benzene rings is 1. The lowest BCUT2D eigenvalue weighted by molar-refractivity contribution is -0.131. The smallest absolute Gasteiger partial charge is 0.328 e. The Morgan fingerprint density at radius 2 is 1.72 bits per heavy atom. The summed E-state index contributed by atoms with van der Waals surface area (Å²) in [5.74, 6) is -0.937. The van der Waals surface area contributed by atoms with Crippen molar-refractivity contribution in [2.75, 3.05) is 0 Å². The number of hydrogen-bond acceptors (Lipinski definition) is 3. The maximum atomic E-state index is 10.6. The van der Waals surface area contributed by atoms with Crippen molar-refractivity contribution < 1.29 is 9.90 Å². The van der Waals surface area contributed by atoms with Crippen LogP contribution in [-0.2, 0) is 4.79 Å². The first kappa shape index (κ1) is 12.0. The number of hydrogen-bond donors (Lipinski definition) is 1. The maximum Gasteiger partial charge on any atom is 0.328 e. The van der Waals surface area contributed by atoms with Crippen LogP contribution in [0.5, 0.6) is 0 Å². The topological polar surface area (TPSA) is 63.1 Å². The van der Waals surface area contributed by atoms with Crippen LogP contribution >= 0.6 is 0 Å². The third-order valence-corrected chi connectivity index (χ3v) is 2.57.